The highest BCUT2D eigenvalue weighted by atomic mass is 32.2. The molecule has 0 spiro atoms. The van der Waals surface area contributed by atoms with Gasteiger partial charge in [0.2, 0.25) is 0 Å². The summed E-state index contributed by atoms with van der Waals surface area (Å²) in [5, 5.41) is 2.93. The lowest BCUT2D eigenvalue weighted by atomic mass is 10.2. The maximum Gasteiger partial charge on any atom is 0.325 e. The molecule has 7 nitrogen and oxygen atoms in total. The number of nitrogens with zero attached hydrogens (tertiary/aromatic N) is 2. The number of esters is 1. The number of carbonyl (C=O) groups is 1. The zero-order chi connectivity index (χ0) is 17.2. The van der Waals surface area contributed by atoms with Gasteiger partial charge in [-0.25, -0.2) is 8.42 Å². The van der Waals surface area contributed by atoms with Crippen LogP contribution in [0.15, 0.2) is 4.99 Å². The molecule has 1 rings (SSSR count). The predicted molar refractivity (Wildman–Crippen MR) is 86.6 cm³/mol. The number of ether oxygens (including phenoxy) is 1. The molecule has 128 valence electrons. The van der Waals surface area contributed by atoms with Crippen molar-refractivity contribution in [1.82, 2.24) is 10.2 Å². The summed E-state index contributed by atoms with van der Waals surface area (Å²) in [7, 11) is -1.50. The minimum absolute atomic E-state index is 0.00633. The number of guanidine groups is 1. The van der Waals surface area contributed by atoms with Crippen molar-refractivity contribution in [3.05, 3.63) is 0 Å². The van der Waals surface area contributed by atoms with E-state index in [0.717, 1.165) is 0 Å². The number of hydrogen-bond donors (Lipinski definition) is 1. The van der Waals surface area contributed by atoms with Crippen LogP contribution in [0.3, 0.4) is 0 Å². The Morgan fingerprint density at radius 3 is 2.41 bits per heavy atom. The molecule has 0 amide bonds. The first-order valence-electron chi connectivity index (χ1n) is 7.28. The van der Waals surface area contributed by atoms with Gasteiger partial charge in [-0.15, -0.1) is 0 Å². The van der Waals surface area contributed by atoms with Crippen LogP contribution in [0.4, 0.5) is 0 Å². The first kappa shape index (κ1) is 18.7. The molecule has 0 saturated carbocycles. The molecule has 0 aliphatic carbocycles. The Balaban J connectivity index is 2.65. The molecule has 1 aliphatic rings. The fourth-order valence-corrected chi connectivity index (χ4v) is 3.55. The van der Waals surface area contributed by atoms with Gasteiger partial charge in [-0.2, -0.15) is 0 Å². The summed E-state index contributed by atoms with van der Waals surface area (Å²) in [4.78, 5) is 17.7. The maximum atomic E-state index is 12.0. The third-order valence-electron chi connectivity index (χ3n) is 3.37. The van der Waals surface area contributed by atoms with Crippen molar-refractivity contribution in [2.45, 2.75) is 45.0 Å². The van der Waals surface area contributed by atoms with E-state index in [-0.39, 0.29) is 18.3 Å². The van der Waals surface area contributed by atoms with Crippen molar-refractivity contribution < 1.29 is 17.9 Å². The molecule has 1 N–H and O–H groups in total. The monoisotopic (exact) mass is 333 g/mol. The van der Waals surface area contributed by atoms with E-state index in [0.29, 0.717) is 19.0 Å². The van der Waals surface area contributed by atoms with Crippen LogP contribution in [0.5, 0.6) is 0 Å². The first-order valence-corrected chi connectivity index (χ1v) is 8.93. The third kappa shape index (κ3) is 4.86. The molecule has 0 aromatic heterocycles. The van der Waals surface area contributed by atoms with Crippen LogP contribution in [-0.4, -0.2) is 68.0 Å². The predicted octanol–water partition coefficient (Wildman–Crippen LogP) is 0.413. The average molecular weight is 333 g/mol. The van der Waals surface area contributed by atoms with Crippen LogP contribution in [0.25, 0.3) is 0 Å². The Hall–Kier alpha value is -1.31. The van der Waals surface area contributed by atoms with Gasteiger partial charge >= 0.3 is 5.97 Å². The highest BCUT2D eigenvalue weighted by Crippen LogP contribution is 2.23. The van der Waals surface area contributed by atoms with Crippen molar-refractivity contribution in [3.8, 4) is 0 Å². The number of sulfone groups is 1. The van der Waals surface area contributed by atoms with Gasteiger partial charge in [0.05, 0.1) is 10.5 Å². The molecule has 0 unspecified atom stereocenters. The van der Waals surface area contributed by atoms with E-state index in [1.807, 2.05) is 4.90 Å². The van der Waals surface area contributed by atoms with Crippen LogP contribution >= 0.6 is 0 Å². The summed E-state index contributed by atoms with van der Waals surface area (Å²) >= 11 is 0. The van der Waals surface area contributed by atoms with Gasteiger partial charge < -0.3 is 15.0 Å². The second-order valence-corrected chi connectivity index (χ2v) is 9.73. The molecule has 0 aromatic rings. The Morgan fingerprint density at radius 2 is 1.95 bits per heavy atom. The van der Waals surface area contributed by atoms with E-state index < -0.39 is 20.2 Å². The van der Waals surface area contributed by atoms with Crippen LogP contribution in [0.2, 0.25) is 0 Å². The van der Waals surface area contributed by atoms with Crippen molar-refractivity contribution in [3.63, 3.8) is 0 Å². The normalized spacial score (nSPS) is 21.4. The molecule has 0 atom stereocenters. The molecule has 1 heterocycles. The number of nitrogens with one attached hydrogen (secondary N) is 1. The van der Waals surface area contributed by atoms with Gasteiger partial charge in [-0.1, -0.05) is 0 Å². The summed E-state index contributed by atoms with van der Waals surface area (Å²) < 4.78 is 28.4. The highest BCUT2D eigenvalue weighted by molar-refractivity contribution is 7.92. The van der Waals surface area contributed by atoms with Gasteiger partial charge in [-0.3, -0.25) is 9.79 Å². The Kier molecular flexibility index (Phi) is 5.48. The van der Waals surface area contributed by atoms with Crippen LogP contribution < -0.4 is 5.32 Å². The number of carbonyl (C=O) groups excluding carboxylic acids is 1. The van der Waals surface area contributed by atoms with Crippen LogP contribution in [-0.2, 0) is 19.4 Å². The minimum atomic E-state index is -3.11. The standard InChI is InChI=1S/C14H27N3O4S/c1-13(2,3)21-11(18)9-16-12(15-6)17-7-8-22(19,20)14(4,5)10-17/h7-10H2,1-6H3,(H,15,16). The maximum absolute atomic E-state index is 12.0. The Labute approximate surface area is 133 Å². The summed E-state index contributed by atoms with van der Waals surface area (Å²) in [5.74, 6) is 0.207. The van der Waals surface area contributed by atoms with Crippen LogP contribution in [0.1, 0.15) is 34.6 Å². The highest BCUT2D eigenvalue weighted by Gasteiger charge is 2.41. The quantitative estimate of drug-likeness (QED) is 0.447. The molecule has 0 bridgehead atoms. The van der Waals surface area contributed by atoms with E-state index in [4.69, 9.17) is 4.74 Å². The van der Waals surface area contributed by atoms with Gasteiger partial charge in [0, 0.05) is 20.1 Å². The van der Waals surface area contributed by atoms with Gasteiger partial charge in [0.15, 0.2) is 15.8 Å². The Morgan fingerprint density at radius 1 is 1.36 bits per heavy atom. The molecule has 1 aliphatic heterocycles. The topological polar surface area (TPSA) is 88.1 Å². The largest absolute Gasteiger partial charge is 0.459 e. The fraction of sp³-hybridized carbons (Fsp3) is 0.857. The molecule has 1 saturated heterocycles. The first-order chi connectivity index (χ1) is 9.88. The third-order valence-corrected chi connectivity index (χ3v) is 5.90. The number of hydrogen-bond acceptors (Lipinski definition) is 5. The summed E-state index contributed by atoms with van der Waals surface area (Å²) in [5.41, 5.74) is -0.538. The molecule has 1 fully saturated rings. The number of aliphatic imine (C=N–C) groups is 1. The van der Waals surface area contributed by atoms with Crippen molar-refractivity contribution >= 4 is 21.8 Å². The molecule has 0 radical (unpaired) electrons. The molecular formula is C14H27N3O4S. The van der Waals surface area contributed by atoms with Crippen molar-refractivity contribution in [2.75, 3.05) is 32.4 Å². The summed E-state index contributed by atoms with van der Waals surface area (Å²) in [6.45, 7) is 9.51. The zero-order valence-electron chi connectivity index (χ0n) is 14.3. The van der Waals surface area contributed by atoms with Gasteiger partial charge in [-0.05, 0) is 34.6 Å². The van der Waals surface area contributed by atoms with E-state index in [1.165, 1.54) is 0 Å². The second-order valence-electron chi connectivity index (χ2n) is 6.99. The summed E-state index contributed by atoms with van der Waals surface area (Å²) in [6, 6.07) is 0. The fourth-order valence-electron chi connectivity index (χ4n) is 2.19. The van der Waals surface area contributed by atoms with Gasteiger partial charge in [0.1, 0.15) is 12.1 Å². The summed E-state index contributed by atoms with van der Waals surface area (Å²) in [6.07, 6.45) is 0. The molecule has 22 heavy (non-hydrogen) atoms. The van der Waals surface area contributed by atoms with Gasteiger partial charge in [0.25, 0.3) is 0 Å². The lowest BCUT2D eigenvalue weighted by molar-refractivity contribution is -0.153. The average Bonchev–Trinajstić information content (AvgIpc) is 2.32. The van der Waals surface area contributed by atoms with Crippen molar-refractivity contribution in [2.24, 2.45) is 4.99 Å². The second kappa shape index (κ2) is 6.44. The smallest absolute Gasteiger partial charge is 0.325 e. The lowest BCUT2D eigenvalue weighted by Gasteiger charge is -2.39. The van der Waals surface area contributed by atoms with Crippen LogP contribution in [0, 0.1) is 0 Å². The Bertz CT molecular complexity index is 547. The minimum Gasteiger partial charge on any atom is -0.459 e. The van der Waals surface area contributed by atoms with Crippen molar-refractivity contribution in [1.29, 1.82) is 0 Å². The molecule has 8 heteroatoms. The van der Waals surface area contributed by atoms with E-state index in [2.05, 4.69) is 10.3 Å². The SMILES string of the molecule is CN=C(NCC(=O)OC(C)(C)C)N1CCS(=O)(=O)C(C)(C)C1. The van der Waals surface area contributed by atoms with E-state index in [9.17, 15) is 13.2 Å². The molecule has 0 aromatic carbocycles. The zero-order valence-corrected chi connectivity index (χ0v) is 15.1. The lowest BCUT2D eigenvalue weighted by Crippen LogP contribution is -2.57. The van der Waals surface area contributed by atoms with E-state index in [1.54, 1.807) is 41.7 Å². The molecular weight excluding hydrogens is 306 g/mol. The van der Waals surface area contributed by atoms with E-state index >= 15 is 0 Å². The number of rotatable bonds is 2.